The van der Waals surface area contributed by atoms with Crippen molar-refractivity contribution in [1.29, 1.82) is 0 Å². The van der Waals surface area contributed by atoms with Crippen molar-refractivity contribution in [1.82, 2.24) is 0 Å². The fourth-order valence-corrected chi connectivity index (χ4v) is 1.07. The smallest absolute Gasteiger partial charge is 0.313 e. The Kier molecular flexibility index (Phi) is 3.66. The van der Waals surface area contributed by atoms with E-state index in [9.17, 15) is 10.2 Å². The summed E-state index contributed by atoms with van der Waals surface area (Å²) < 4.78 is 5.65. The van der Waals surface area contributed by atoms with Crippen molar-refractivity contribution in [2.45, 2.75) is 38.9 Å². The molecule has 0 unspecified atom stereocenters. The average Bonchev–Trinajstić information content (AvgIpc) is 2.15. The first-order valence-electron chi connectivity index (χ1n) is 5.37. The summed E-state index contributed by atoms with van der Waals surface area (Å²) in [6, 6.07) is 7.03. The second kappa shape index (κ2) is 4.48. The molecule has 4 heteroatoms. The molecular weight excluding hydrogens is 203 g/mol. The van der Waals surface area contributed by atoms with Gasteiger partial charge in [0.15, 0.2) is 0 Å². The van der Waals surface area contributed by atoms with E-state index >= 15 is 0 Å². The number of phenols is 1. The lowest BCUT2D eigenvalue weighted by atomic mass is 9.82. The van der Waals surface area contributed by atoms with E-state index in [4.69, 9.17) is 4.65 Å². The highest BCUT2D eigenvalue weighted by molar-refractivity contribution is 6.48. The SMILES string of the molecule is CC(C)(O)C(C)(C)OBc1ccccc1O. The van der Waals surface area contributed by atoms with E-state index in [1.165, 1.54) is 0 Å². The average molecular weight is 222 g/mol. The van der Waals surface area contributed by atoms with E-state index in [0.717, 1.165) is 5.46 Å². The number of benzene rings is 1. The summed E-state index contributed by atoms with van der Waals surface area (Å²) in [6.07, 6.45) is 0. The zero-order valence-electron chi connectivity index (χ0n) is 10.3. The molecule has 1 aromatic carbocycles. The molecule has 0 spiro atoms. The summed E-state index contributed by atoms with van der Waals surface area (Å²) in [4.78, 5) is 0. The van der Waals surface area contributed by atoms with Gasteiger partial charge in [-0.2, -0.15) is 0 Å². The van der Waals surface area contributed by atoms with Gasteiger partial charge in [-0.25, -0.2) is 0 Å². The molecule has 0 fully saturated rings. The van der Waals surface area contributed by atoms with Crippen LogP contribution < -0.4 is 5.46 Å². The molecule has 0 aliphatic rings. The maximum atomic E-state index is 9.91. The zero-order valence-corrected chi connectivity index (χ0v) is 10.3. The van der Waals surface area contributed by atoms with Crippen molar-refractivity contribution < 1.29 is 14.9 Å². The first-order valence-corrected chi connectivity index (χ1v) is 5.37. The van der Waals surface area contributed by atoms with E-state index < -0.39 is 11.2 Å². The zero-order chi connectivity index (χ0) is 12.4. The van der Waals surface area contributed by atoms with E-state index in [-0.39, 0.29) is 13.2 Å². The van der Waals surface area contributed by atoms with Gasteiger partial charge < -0.3 is 14.9 Å². The van der Waals surface area contributed by atoms with Crippen LogP contribution >= 0.6 is 0 Å². The molecule has 0 amide bonds. The van der Waals surface area contributed by atoms with Crippen LogP contribution in [0.3, 0.4) is 0 Å². The monoisotopic (exact) mass is 222 g/mol. The number of aromatic hydroxyl groups is 1. The maximum absolute atomic E-state index is 9.91. The molecule has 3 nitrogen and oxygen atoms in total. The summed E-state index contributed by atoms with van der Waals surface area (Å²) in [6.45, 7) is 7.07. The van der Waals surface area contributed by atoms with Gasteiger partial charge in [0.25, 0.3) is 0 Å². The Morgan fingerprint density at radius 2 is 1.69 bits per heavy atom. The van der Waals surface area contributed by atoms with Gasteiger partial charge in [-0.3, -0.25) is 0 Å². The molecule has 88 valence electrons. The van der Waals surface area contributed by atoms with Crippen LogP contribution in [-0.2, 0) is 4.65 Å². The van der Waals surface area contributed by atoms with Crippen molar-refractivity contribution in [3.63, 3.8) is 0 Å². The van der Waals surface area contributed by atoms with Crippen molar-refractivity contribution in [3.8, 4) is 5.75 Å². The fraction of sp³-hybridized carbons (Fsp3) is 0.500. The molecule has 0 saturated carbocycles. The summed E-state index contributed by atoms with van der Waals surface area (Å²) in [5.41, 5.74) is -0.882. The molecule has 0 aliphatic carbocycles. The lowest BCUT2D eigenvalue weighted by Crippen LogP contribution is -2.49. The summed E-state index contributed by atoms with van der Waals surface area (Å²) >= 11 is 0. The standard InChI is InChI=1S/C12H19BO3/c1-11(2,15)12(3,4)16-13-9-7-5-6-8-10(9)14/h5-8,13-15H,1-4H3. The molecule has 2 N–H and O–H groups in total. The Balaban J connectivity index is 2.69. The second-order valence-corrected chi connectivity index (χ2v) is 4.99. The van der Waals surface area contributed by atoms with E-state index in [2.05, 4.69) is 0 Å². The van der Waals surface area contributed by atoms with Gasteiger partial charge in [-0.1, -0.05) is 18.2 Å². The minimum atomic E-state index is -0.933. The van der Waals surface area contributed by atoms with Crippen molar-refractivity contribution in [2.24, 2.45) is 0 Å². The van der Waals surface area contributed by atoms with Crippen LogP contribution in [-0.4, -0.2) is 28.9 Å². The van der Waals surface area contributed by atoms with Crippen LogP contribution in [0.5, 0.6) is 5.75 Å². The Morgan fingerprint density at radius 1 is 1.12 bits per heavy atom. The minimum Gasteiger partial charge on any atom is -0.508 e. The molecule has 0 saturated heterocycles. The van der Waals surface area contributed by atoms with E-state index in [1.54, 1.807) is 32.0 Å². The first-order chi connectivity index (χ1) is 7.24. The van der Waals surface area contributed by atoms with Crippen LogP contribution in [0.25, 0.3) is 0 Å². The number of hydrogen-bond acceptors (Lipinski definition) is 3. The predicted molar refractivity (Wildman–Crippen MR) is 66.4 cm³/mol. The first kappa shape index (κ1) is 13.1. The quantitative estimate of drug-likeness (QED) is 0.745. The molecular formula is C12H19BO3. The van der Waals surface area contributed by atoms with Crippen molar-refractivity contribution in [3.05, 3.63) is 24.3 Å². The van der Waals surface area contributed by atoms with Gasteiger partial charge in [0.2, 0.25) is 0 Å². The third-order valence-electron chi connectivity index (χ3n) is 3.05. The molecule has 16 heavy (non-hydrogen) atoms. The van der Waals surface area contributed by atoms with Crippen LogP contribution in [0.4, 0.5) is 0 Å². The third-order valence-corrected chi connectivity index (χ3v) is 3.05. The third kappa shape index (κ3) is 3.00. The molecule has 0 heterocycles. The molecule has 0 radical (unpaired) electrons. The minimum absolute atomic E-state index is 0.217. The van der Waals surface area contributed by atoms with Crippen LogP contribution in [0.2, 0.25) is 0 Å². The van der Waals surface area contributed by atoms with Crippen molar-refractivity contribution in [2.75, 3.05) is 0 Å². The summed E-state index contributed by atoms with van der Waals surface area (Å²) in [5, 5.41) is 19.5. The highest BCUT2D eigenvalue weighted by Gasteiger charge is 2.35. The Hall–Kier alpha value is -0.995. The maximum Gasteiger partial charge on any atom is 0.313 e. The molecule has 0 aliphatic heterocycles. The van der Waals surface area contributed by atoms with Crippen LogP contribution in [0, 0.1) is 0 Å². The summed E-state index contributed by atoms with van der Waals surface area (Å²) in [5.74, 6) is 0.217. The second-order valence-electron chi connectivity index (χ2n) is 4.99. The van der Waals surface area contributed by atoms with Crippen molar-refractivity contribution >= 4 is 12.9 Å². The molecule has 0 aromatic heterocycles. The Morgan fingerprint density at radius 3 is 2.19 bits per heavy atom. The predicted octanol–water partition coefficient (Wildman–Crippen LogP) is 0.935. The van der Waals surface area contributed by atoms with Crippen LogP contribution in [0.1, 0.15) is 27.7 Å². The number of aliphatic hydroxyl groups is 1. The highest BCUT2D eigenvalue weighted by atomic mass is 16.5. The number of hydrogen-bond donors (Lipinski definition) is 2. The summed E-state index contributed by atoms with van der Waals surface area (Å²) in [7, 11) is 0.281. The number of phenolic OH excluding ortho intramolecular Hbond substituents is 1. The normalized spacial score (nSPS) is 12.6. The largest absolute Gasteiger partial charge is 0.508 e. The lowest BCUT2D eigenvalue weighted by Gasteiger charge is -2.37. The number of para-hydroxylation sites is 1. The molecule has 0 atom stereocenters. The highest BCUT2D eigenvalue weighted by Crippen LogP contribution is 2.24. The Bertz CT molecular complexity index is 356. The number of rotatable bonds is 4. The fourth-order valence-electron chi connectivity index (χ4n) is 1.07. The van der Waals surface area contributed by atoms with Crippen LogP contribution in [0.15, 0.2) is 24.3 Å². The topological polar surface area (TPSA) is 49.7 Å². The molecule has 1 aromatic rings. The van der Waals surface area contributed by atoms with Gasteiger partial charge in [0.05, 0.1) is 11.2 Å². The van der Waals surface area contributed by atoms with Gasteiger partial charge in [0, 0.05) is 0 Å². The van der Waals surface area contributed by atoms with Gasteiger partial charge in [0.1, 0.15) is 5.75 Å². The van der Waals surface area contributed by atoms with E-state index in [0.29, 0.717) is 0 Å². The van der Waals surface area contributed by atoms with Gasteiger partial charge in [-0.05, 0) is 39.2 Å². The van der Waals surface area contributed by atoms with E-state index in [1.807, 2.05) is 19.9 Å². The Labute approximate surface area is 97.3 Å². The van der Waals surface area contributed by atoms with Gasteiger partial charge >= 0.3 is 7.48 Å². The molecule has 0 bridgehead atoms. The lowest BCUT2D eigenvalue weighted by molar-refractivity contribution is -0.0893. The molecule has 1 rings (SSSR count). The van der Waals surface area contributed by atoms with Gasteiger partial charge in [-0.15, -0.1) is 0 Å².